The molecule has 168 valence electrons. The highest BCUT2D eigenvalue weighted by Gasteiger charge is 2.29. The molecule has 1 fully saturated rings. The van der Waals surface area contributed by atoms with Gasteiger partial charge in [-0.1, -0.05) is 0 Å². The van der Waals surface area contributed by atoms with Crippen LogP contribution in [0.5, 0.6) is 5.75 Å². The average Bonchev–Trinajstić information content (AvgIpc) is 3.07. The summed E-state index contributed by atoms with van der Waals surface area (Å²) in [6.07, 6.45) is 4.68. The van der Waals surface area contributed by atoms with Gasteiger partial charge in [0.2, 0.25) is 11.7 Å². The van der Waals surface area contributed by atoms with Gasteiger partial charge in [-0.15, -0.1) is 0 Å². The third-order valence-electron chi connectivity index (χ3n) is 5.06. The molecule has 0 unspecified atom stereocenters. The molecule has 0 bridgehead atoms. The standard InChI is InChI=1S/C21H28F2N6O2/c1-13-10-19(28-20(25-13)21(3,22)23)27-16-11-18(26-14(2)30)24-12-17(16)31-9-7-15-6-5-8-29(15)4/h10-12,15H,5-9H2,1-4H3,(H2,24,25,26,27,28,30)/t15-/m0/s1. The van der Waals surface area contributed by atoms with Gasteiger partial charge in [0.15, 0.2) is 5.75 Å². The van der Waals surface area contributed by atoms with Crippen molar-refractivity contribution in [3.63, 3.8) is 0 Å². The van der Waals surface area contributed by atoms with E-state index in [1.807, 2.05) is 0 Å². The number of alkyl halides is 2. The van der Waals surface area contributed by atoms with E-state index in [0.717, 1.165) is 26.3 Å². The van der Waals surface area contributed by atoms with Crippen LogP contribution >= 0.6 is 0 Å². The maximum Gasteiger partial charge on any atom is 0.303 e. The highest BCUT2D eigenvalue weighted by molar-refractivity contribution is 5.88. The van der Waals surface area contributed by atoms with Crippen LogP contribution in [-0.2, 0) is 10.7 Å². The Morgan fingerprint density at radius 3 is 2.74 bits per heavy atom. The van der Waals surface area contributed by atoms with Gasteiger partial charge in [0.05, 0.1) is 18.5 Å². The molecule has 8 nitrogen and oxygen atoms in total. The number of nitrogens with zero attached hydrogens (tertiary/aromatic N) is 4. The van der Waals surface area contributed by atoms with E-state index in [1.54, 1.807) is 19.1 Å². The van der Waals surface area contributed by atoms with Gasteiger partial charge in [0, 0.05) is 37.7 Å². The van der Waals surface area contributed by atoms with E-state index in [9.17, 15) is 13.6 Å². The first-order valence-electron chi connectivity index (χ1n) is 10.2. The summed E-state index contributed by atoms with van der Waals surface area (Å²) in [5, 5.41) is 5.62. The van der Waals surface area contributed by atoms with E-state index >= 15 is 0 Å². The predicted molar refractivity (Wildman–Crippen MR) is 114 cm³/mol. The maximum atomic E-state index is 13.7. The summed E-state index contributed by atoms with van der Waals surface area (Å²) in [7, 11) is 2.10. The smallest absolute Gasteiger partial charge is 0.303 e. The highest BCUT2D eigenvalue weighted by atomic mass is 19.3. The number of nitrogens with one attached hydrogen (secondary N) is 2. The van der Waals surface area contributed by atoms with E-state index in [0.29, 0.717) is 35.6 Å². The minimum absolute atomic E-state index is 0.198. The molecule has 0 spiro atoms. The van der Waals surface area contributed by atoms with E-state index in [4.69, 9.17) is 4.74 Å². The van der Waals surface area contributed by atoms with Crippen molar-refractivity contribution in [2.24, 2.45) is 0 Å². The lowest BCUT2D eigenvalue weighted by atomic mass is 10.1. The SMILES string of the molecule is CC(=O)Nc1cc(Nc2cc(C)nc(C(C)(F)F)n2)c(OCC[C@@H]2CCCN2C)cn1. The van der Waals surface area contributed by atoms with Gasteiger partial charge in [0.1, 0.15) is 11.6 Å². The third-order valence-corrected chi connectivity index (χ3v) is 5.06. The fourth-order valence-electron chi connectivity index (χ4n) is 3.52. The van der Waals surface area contributed by atoms with Crippen molar-refractivity contribution in [2.45, 2.75) is 52.0 Å². The Bertz CT molecular complexity index is 935. The van der Waals surface area contributed by atoms with Gasteiger partial charge < -0.3 is 20.3 Å². The highest BCUT2D eigenvalue weighted by Crippen LogP contribution is 2.31. The minimum atomic E-state index is -3.17. The summed E-state index contributed by atoms with van der Waals surface area (Å²) < 4.78 is 33.4. The molecule has 10 heteroatoms. The number of likely N-dealkylation sites (tertiary alicyclic amines) is 1. The quantitative estimate of drug-likeness (QED) is 0.652. The largest absolute Gasteiger partial charge is 0.490 e. The Morgan fingerprint density at radius 1 is 1.32 bits per heavy atom. The molecule has 0 saturated carbocycles. The number of carbonyl (C=O) groups is 1. The van der Waals surface area contributed by atoms with Crippen molar-refractivity contribution in [3.8, 4) is 5.75 Å². The third kappa shape index (κ3) is 6.30. The maximum absolute atomic E-state index is 13.7. The molecule has 1 amide bonds. The summed E-state index contributed by atoms with van der Waals surface area (Å²) in [6.45, 7) is 5.31. The van der Waals surface area contributed by atoms with Crippen molar-refractivity contribution in [3.05, 3.63) is 29.8 Å². The molecule has 2 aromatic heterocycles. The summed E-state index contributed by atoms with van der Waals surface area (Å²) in [6, 6.07) is 3.62. The number of hydrogen-bond donors (Lipinski definition) is 2. The van der Waals surface area contributed by atoms with E-state index in [1.165, 1.54) is 19.5 Å². The van der Waals surface area contributed by atoms with Gasteiger partial charge in [-0.2, -0.15) is 8.78 Å². The molecule has 2 aromatic rings. The van der Waals surface area contributed by atoms with Crippen LogP contribution in [0.3, 0.4) is 0 Å². The van der Waals surface area contributed by atoms with Gasteiger partial charge in [-0.25, -0.2) is 15.0 Å². The first-order valence-corrected chi connectivity index (χ1v) is 10.2. The first-order chi connectivity index (χ1) is 14.6. The Labute approximate surface area is 180 Å². The van der Waals surface area contributed by atoms with Crippen molar-refractivity contribution < 1.29 is 18.3 Å². The van der Waals surface area contributed by atoms with Crippen molar-refractivity contribution in [1.29, 1.82) is 0 Å². The van der Waals surface area contributed by atoms with Crippen molar-refractivity contribution in [2.75, 3.05) is 30.8 Å². The number of hydrogen-bond acceptors (Lipinski definition) is 7. The Hall–Kier alpha value is -2.88. The molecule has 1 saturated heterocycles. The summed E-state index contributed by atoms with van der Waals surface area (Å²) in [4.78, 5) is 25.7. The fraction of sp³-hybridized carbons (Fsp3) is 0.524. The van der Waals surface area contributed by atoms with Crippen LogP contribution in [-0.4, -0.2) is 52.0 Å². The topological polar surface area (TPSA) is 92.3 Å². The van der Waals surface area contributed by atoms with Gasteiger partial charge in [-0.05, 0) is 39.8 Å². The molecule has 3 heterocycles. The van der Waals surface area contributed by atoms with E-state index in [-0.39, 0.29) is 11.7 Å². The number of carbonyl (C=O) groups excluding carboxylic acids is 1. The molecule has 2 N–H and O–H groups in total. The lowest BCUT2D eigenvalue weighted by Gasteiger charge is -2.20. The molecule has 1 aliphatic rings. The zero-order valence-corrected chi connectivity index (χ0v) is 18.2. The number of halogens is 2. The first kappa shape index (κ1) is 22.8. The van der Waals surface area contributed by atoms with Gasteiger partial charge in [0.25, 0.3) is 0 Å². The van der Waals surface area contributed by atoms with Gasteiger partial charge >= 0.3 is 5.92 Å². The Kier molecular flexibility index (Phi) is 6.99. The lowest BCUT2D eigenvalue weighted by molar-refractivity contribution is -0.114. The van der Waals surface area contributed by atoms with Crippen LogP contribution in [0.4, 0.5) is 26.1 Å². The molecule has 0 aliphatic carbocycles. The zero-order valence-electron chi connectivity index (χ0n) is 18.2. The van der Waals surface area contributed by atoms with Crippen molar-refractivity contribution >= 4 is 23.2 Å². The summed E-state index contributed by atoms with van der Waals surface area (Å²) >= 11 is 0. The molecular formula is C21H28F2N6O2. The van der Waals surface area contributed by atoms with Crippen LogP contribution in [0.15, 0.2) is 18.3 Å². The number of aromatic nitrogens is 3. The molecule has 1 aliphatic heterocycles. The predicted octanol–water partition coefficient (Wildman–Crippen LogP) is 3.86. The minimum Gasteiger partial charge on any atom is -0.490 e. The number of rotatable bonds is 8. The number of pyridine rings is 1. The van der Waals surface area contributed by atoms with Crippen LogP contribution in [0, 0.1) is 6.92 Å². The number of aryl methyl sites for hydroxylation is 1. The monoisotopic (exact) mass is 434 g/mol. The Balaban J connectivity index is 1.82. The van der Waals surface area contributed by atoms with Crippen LogP contribution in [0.1, 0.15) is 44.6 Å². The molecule has 31 heavy (non-hydrogen) atoms. The zero-order chi connectivity index (χ0) is 22.6. The van der Waals surface area contributed by atoms with Crippen molar-refractivity contribution in [1.82, 2.24) is 19.9 Å². The average molecular weight is 434 g/mol. The molecule has 3 rings (SSSR count). The van der Waals surface area contributed by atoms with Crippen LogP contribution in [0.2, 0.25) is 0 Å². The second-order valence-corrected chi connectivity index (χ2v) is 7.89. The number of anilines is 3. The lowest BCUT2D eigenvalue weighted by Crippen LogP contribution is -2.26. The van der Waals surface area contributed by atoms with Crippen LogP contribution < -0.4 is 15.4 Å². The second-order valence-electron chi connectivity index (χ2n) is 7.89. The van der Waals surface area contributed by atoms with E-state index in [2.05, 4.69) is 37.5 Å². The van der Waals surface area contributed by atoms with Gasteiger partial charge in [-0.3, -0.25) is 4.79 Å². The summed E-state index contributed by atoms with van der Waals surface area (Å²) in [5.41, 5.74) is 0.860. The number of ether oxygens (including phenoxy) is 1. The van der Waals surface area contributed by atoms with E-state index < -0.39 is 11.7 Å². The second kappa shape index (κ2) is 9.51. The summed E-state index contributed by atoms with van der Waals surface area (Å²) in [5.74, 6) is -3.07. The molecular weight excluding hydrogens is 406 g/mol. The molecule has 0 radical (unpaired) electrons. The number of amides is 1. The van der Waals surface area contributed by atoms with Crippen LogP contribution in [0.25, 0.3) is 0 Å². The normalized spacial score (nSPS) is 16.9. The Morgan fingerprint density at radius 2 is 2.10 bits per heavy atom. The molecule has 1 atom stereocenters. The fourth-order valence-corrected chi connectivity index (χ4v) is 3.52. The molecule has 0 aromatic carbocycles.